The largest absolute Gasteiger partial charge is 0.504 e. The van der Waals surface area contributed by atoms with Gasteiger partial charge in [-0.05, 0) is 89.3 Å². The Hall–Kier alpha value is -2.53. The van der Waals surface area contributed by atoms with Gasteiger partial charge in [-0.15, -0.1) is 0 Å². The normalized spacial score (nSPS) is 15.1. The molecule has 0 spiro atoms. The van der Waals surface area contributed by atoms with Crippen molar-refractivity contribution in [1.82, 2.24) is 4.90 Å². The molecule has 0 aromatic heterocycles. The van der Waals surface area contributed by atoms with Crippen molar-refractivity contribution < 1.29 is 24.2 Å². The highest BCUT2D eigenvalue weighted by molar-refractivity contribution is 14.1. The number of amides is 3. The Balaban J connectivity index is 1.70. The number of phenolic OH excluding ortho intramolecular Hbond substituents is 1. The molecule has 7 nitrogen and oxygen atoms in total. The summed E-state index contributed by atoms with van der Waals surface area (Å²) >= 11 is 2.92. The zero-order valence-electron chi connectivity index (χ0n) is 15.3. The Labute approximate surface area is 185 Å². The van der Waals surface area contributed by atoms with Crippen LogP contribution in [0.25, 0.3) is 6.08 Å². The van der Waals surface area contributed by atoms with Crippen LogP contribution in [0.1, 0.15) is 12.5 Å². The van der Waals surface area contributed by atoms with Gasteiger partial charge in [0.05, 0.1) is 11.5 Å². The molecule has 1 fully saturated rings. The van der Waals surface area contributed by atoms with Crippen LogP contribution >= 0.6 is 34.4 Å². The lowest BCUT2D eigenvalue weighted by Gasteiger charge is -2.12. The minimum atomic E-state index is -0.538. The van der Waals surface area contributed by atoms with E-state index in [0.717, 1.165) is 20.2 Å². The van der Waals surface area contributed by atoms with Gasteiger partial charge in [0.15, 0.2) is 11.5 Å². The van der Waals surface area contributed by atoms with Crippen molar-refractivity contribution in [2.75, 3.05) is 18.5 Å². The number of phenols is 1. The number of anilines is 1. The van der Waals surface area contributed by atoms with E-state index in [1.807, 2.05) is 12.1 Å². The first-order valence-corrected chi connectivity index (χ1v) is 10.5. The second-order valence-corrected chi connectivity index (χ2v) is 8.22. The molecule has 2 aromatic rings. The maximum Gasteiger partial charge on any atom is 0.294 e. The fraction of sp³-hybridized carbons (Fsp3) is 0.150. The van der Waals surface area contributed by atoms with Gasteiger partial charge in [-0.2, -0.15) is 0 Å². The first kappa shape index (κ1) is 21.2. The van der Waals surface area contributed by atoms with Crippen molar-refractivity contribution in [3.05, 3.63) is 56.5 Å². The zero-order chi connectivity index (χ0) is 21.0. The molecule has 0 radical (unpaired) electrons. The van der Waals surface area contributed by atoms with Gasteiger partial charge in [0.1, 0.15) is 6.54 Å². The molecule has 9 heteroatoms. The summed E-state index contributed by atoms with van der Waals surface area (Å²) in [7, 11) is 0. The van der Waals surface area contributed by atoms with E-state index < -0.39 is 17.1 Å². The Morgan fingerprint density at radius 3 is 2.66 bits per heavy atom. The van der Waals surface area contributed by atoms with Gasteiger partial charge in [0, 0.05) is 9.26 Å². The summed E-state index contributed by atoms with van der Waals surface area (Å²) in [5.41, 5.74) is 1.19. The minimum absolute atomic E-state index is 0.00984. The molecule has 0 unspecified atom stereocenters. The molecule has 2 aromatic carbocycles. The van der Waals surface area contributed by atoms with Gasteiger partial charge < -0.3 is 15.2 Å². The lowest BCUT2D eigenvalue weighted by Crippen LogP contribution is -2.36. The van der Waals surface area contributed by atoms with Crippen molar-refractivity contribution >= 4 is 63.2 Å². The van der Waals surface area contributed by atoms with E-state index in [-0.39, 0.29) is 22.9 Å². The van der Waals surface area contributed by atoms with Crippen molar-refractivity contribution in [3.63, 3.8) is 0 Å². The van der Waals surface area contributed by atoms with Gasteiger partial charge >= 0.3 is 0 Å². The Kier molecular flexibility index (Phi) is 6.80. The Morgan fingerprint density at radius 2 is 1.97 bits per heavy atom. The monoisotopic (exact) mass is 524 g/mol. The number of benzene rings is 2. The number of rotatable bonds is 6. The second-order valence-electron chi connectivity index (χ2n) is 5.98. The number of carbonyl (C=O) groups excluding carboxylic acids is 3. The standard InChI is InChI=1S/C20H17IN2O5S/c1-2-28-16-9-12(3-8-15(16)24)10-17-19(26)23(20(27)29-17)11-18(25)22-14-6-4-13(21)5-7-14/h3-10,24H,2,11H2,1H3,(H,22,25)/b17-10+. The number of hydrogen-bond donors (Lipinski definition) is 2. The lowest BCUT2D eigenvalue weighted by molar-refractivity contribution is -0.127. The van der Waals surface area contributed by atoms with Crippen LogP contribution in [0.3, 0.4) is 0 Å². The van der Waals surface area contributed by atoms with Crippen molar-refractivity contribution in [1.29, 1.82) is 0 Å². The van der Waals surface area contributed by atoms with Gasteiger partial charge in [0.25, 0.3) is 11.1 Å². The van der Waals surface area contributed by atoms with E-state index in [1.54, 1.807) is 31.2 Å². The van der Waals surface area contributed by atoms with E-state index in [4.69, 9.17) is 4.74 Å². The molecule has 1 saturated heterocycles. The smallest absolute Gasteiger partial charge is 0.294 e. The molecule has 0 bridgehead atoms. The molecule has 1 heterocycles. The average Bonchev–Trinajstić information content (AvgIpc) is 2.94. The van der Waals surface area contributed by atoms with Crippen molar-refractivity contribution in [3.8, 4) is 11.5 Å². The number of imide groups is 1. The van der Waals surface area contributed by atoms with Crippen LogP contribution in [0, 0.1) is 3.57 Å². The lowest BCUT2D eigenvalue weighted by atomic mass is 10.2. The predicted molar refractivity (Wildman–Crippen MR) is 120 cm³/mol. The quantitative estimate of drug-likeness (QED) is 0.437. The molecule has 2 N–H and O–H groups in total. The number of nitrogens with zero attached hydrogens (tertiary/aromatic N) is 1. The number of aromatic hydroxyl groups is 1. The number of thioether (sulfide) groups is 1. The van der Waals surface area contributed by atoms with Crippen molar-refractivity contribution in [2.45, 2.75) is 6.92 Å². The highest BCUT2D eigenvalue weighted by atomic mass is 127. The third-order valence-corrected chi connectivity index (χ3v) is 5.51. The summed E-state index contributed by atoms with van der Waals surface area (Å²) in [6.45, 7) is 1.80. The Morgan fingerprint density at radius 1 is 1.24 bits per heavy atom. The van der Waals surface area contributed by atoms with Crippen LogP contribution in [0.5, 0.6) is 11.5 Å². The minimum Gasteiger partial charge on any atom is -0.504 e. The fourth-order valence-electron chi connectivity index (χ4n) is 2.56. The highest BCUT2D eigenvalue weighted by Gasteiger charge is 2.36. The van der Waals surface area contributed by atoms with Crippen molar-refractivity contribution in [2.24, 2.45) is 0 Å². The second kappa shape index (κ2) is 9.31. The van der Waals surface area contributed by atoms with Crippen LogP contribution in [0.15, 0.2) is 47.4 Å². The van der Waals surface area contributed by atoms with E-state index in [0.29, 0.717) is 17.9 Å². The third kappa shape index (κ3) is 5.30. The van der Waals surface area contributed by atoms with E-state index in [9.17, 15) is 19.5 Å². The van der Waals surface area contributed by atoms with Crippen LogP contribution in [0.2, 0.25) is 0 Å². The summed E-state index contributed by atoms with van der Waals surface area (Å²) in [6.07, 6.45) is 1.53. The van der Waals surface area contributed by atoms with Gasteiger partial charge in [-0.25, -0.2) is 0 Å². The SMILES string of the molecule is CCOc1cc(/C=C2/SC(=O)N(CC(=O)Nc3ccc(I)cc3)C2=O)ccc1O. The number of carbonyl (C=O) groups is 3. The van der Waals surface area contributed by atoms with E-state index in [2.05, 4.69) is 27.9 Å². The summed E-state index contributed by atoms with van der Waals surface area (Å²) < 4.78 is 6.35. The highest BCUT2D eigenvalue weighted by Crippen LogP contribution is 2.34. The first-order valence-electron chi connectivity index (χ1n) is 8.64. The topological polar surface area (TPSA) is 95.9 Å². The fourth-order valence-corrected chi connectivity index (χ4v) is 3.75. The maximum absolute atomic E-state index is 12.6. The maximum atomic E-state index is 12.6. The molecule has 0 aliphatic carbocycles. The summed E-state index contributed by atoms with van der Waals surface area (Å²) in [5.74, 6) is -0.719. The molecule has 150 valence electrons. The van der Waals surface area contributed by atoms with Crippen LogP contribution in [0.4, 0.5) is 10.5 Å². The molecular weight excluding hydrogens is 507 g/mol. The van der Waals surface area contributed by atoms with Crippen LogP contribution < -0.4 is 10.1 Å². The summed E-state index contributed by atoms with van der Waals surface area (Å²) in [5, 5.41) is 11.9. The van der Waals surface area contributed by atoms with E-state index >= 15 is 0 Å². The molecule has 0 atom stereocenters. The zero-order valence-corrected chi connectivity index (χ0v) is 18.3. The molecular formula is C20H17IN2O5S. The van der Waals surface area contributed by atoms with Crippen LogP contribution in [-0.2, 0) is 9.59 Å². The molecule has 29 heavy (non-hydrogen) atoms. The Bertz CT molecular complexity index is 991. The van der Waals surface area contributed by atoms with Crippen LogP contribution in [-0.4, -0.2) is 40.2 Å². The van der Waals surface area contributed by atoms with Gasteiger partial charge in [0.2, 0.25) is 5.91 Å². The number of nitrogens with one attached hydrogen (secondary N) is 1. The average molecular weight is 524 g/mol. The molecule has 3 amide bonds. The third-order valence-electron chi connectivity index (χ3n) is 3.88. The first-order chi connectivity index (χ1) is 13.9. The summed E-state index contributed by atoms with van der Waals surface area (Å²) in [6, 6.07) is 11.8. The molecule has 1 aliphatic rings. The molecule has 3 rings (SSSR count). The molecule has 1 aliphatic heterocycles. The number of halogens is 1. The molecule has 0 saturated carbocycles. The number of hydrogen-bond acceptors (Lipinski definition) is 6. The van der Waals surface area contributed by atoms with E-state index in [1.165, 1.54) is 12.1 Å². The van der Waals surface area contributed by atoms with Gasteiger partial charge in [-0.3, -0.25) is 19.3 Å². The predicted octanol–water partition coefficient (Wildman–Crippen LogP) is 4.07. The summed E-state index contributed by atoms with van der Waals surface area (Å²) in [4.78, 5) is 38.1. The van der Waals surface area contributed by atoms with Gasteiger partial charge in [-0.1, -0.05) is 6.07 Å². The number of ether oxygens (including phenoxy) is 1.